The van der Waals surface area contributed by atoms with Crippen molar-refractivity contribution in [3.05, 3.63) is 0 Å². The van der Waals surface area contributed by atoms with E-state index in [4.69, 9.17) is 0 Å². The minimum atomic E-state index is 0. The molecular formula is C7H16Cl2N2O. The van der Waals surface area contributed by atoms with Crippen molar-refractivity contribution in [2.75, 3.05) is 20.1 Å². The number of nitrogens with one attached hydrogen (secondary N) is 1. The second-order valence-corrected chi connectivity index (χ2v) is 2.86. The van der Waals surface area contributed by atoms with Crippen molar-refractivity contribution >= 4 is 31.2 Å². The standard InChI is InChI=1S/C7H14N2O.2ClH/c1-9-4-2-7(3-5-9)8-6-10;;/h6-7H,2-5H2,1H3,(H,8,10);2*1H. The Labute approximate surface area is 85.7 Å². The molecule has 1 N–H and O–H groups in total. The summed E-state index contributed by atoms with van der Waals surface area (Å²) in [5.74, 6) is 0. The van der Waals surface area contributed by atoms with Gasteiger partial charge in [0.25, 0.3) is 0 Å². The van der Waals surface area contributed by atoms with Crippen LogP contribution in [0, 0.1) is 0 Å². The normalized spacial score (nSPS) is 18.8. The fraction of sp³-hybridized carbons (Fsp3) is 0.857. The zero-order valence-electron chi connectivity index (χ0n) is 7.16. The van der Waals surface area contributed by atoms with E-state index >= 15 is 0 Å². The molecule has 1 fully saturated rings. The third-order valence-electron chi connectivity index (χ3n) is 2.02. The third-order valence-corrected chi connectivity index (χ3v) is 2.02. The van der Waals surface area contributed by atoms with Gasteiger partial charge < -0.3 is 10.2 Å². The van der Waals surface area contributed by atoms with E-state index in [0.717, 1.165) is 32.3 Å². The minimum absolute atomic E-state index is 0. The van der Waals surface area contributed by atoms with Gasteiger partial charge in [-0.2, -0.15) is 0 Å². The second-order valence-electron chi connectivity index (χ2n) is 2.86. The van der Waals surface area contributed by atoms with Gasteiger partial charge in [-0.05, 0) is 33.0 Å². The van der Waals surface area contributed by atoms with Crippen molar-refractivity contribution in [2.45, 2.75) is 18.9 Å². The molecule has 0 aromatic rings. The second kappa shape index (κ2) is 7.65. The van der Waals surface area contributed by atoms with Gasteiger partial charge >= 0.3 is 0 Å². The van der Waals surface area contributed by atoms with Crippen LogP contribution in [0.3, 0.4) is 0 Å². The van der Waals surface area contributed by atoms with E-state index in [9.17, 15) is 4.79 Å². The molecule has 0 aliphatic carbocycles. The number of nitrogens with zero attached hydrogens (tertiary/aromatic N) is 1. The number of halogens is 2. The predicted octanol–water partition coefficient (Wildman–Crippen LogP) is 0.670. The van der Waals surface area contributed by atoms with Crippen molar-refractivity contribution < 1.29 is 4.79 Å². The lowest BCUT2D eigenvalue weighted by Crippen LogP contribution is -2.40. The Morgan fingerprint density at radius 1 is 1.33 bits per heavy atom. The quantitative estimate of drug-likeness (QED) is 0.686. The molecule has 0 radical (unpaired) electrons. The van der Waals surface area contributed by atoms with Gasteiger partial charge in [-0.15, -0.1) is 24.8 Å². The van der Waals surface area contributed by atoms with Crippen LogP contribution in [0.2, 0.25) is 0 Å². The highest BCUT2D eigenvalue weighted by Gasteiger charge is 2.14. The number of likely N-dealkylation sites (tertiary alicyclic amines) is 1. The van der Waals surface area contributed by atoms with Crippen LogP contribution in [-0.2, 0) is 4.79 Å². The first kappa shape index (κ1) is 14.5. The van der Waals surface area contributed by atoms with Crippen molar-refractivity contribution in [1.29, 1.82) is 0 Å². The summed E-state index contributed by atoms with van der Waals surface area (Å²) in [6.45, 7) is 2.21. The summed E-state index contributed by atoms with van der Waals surface area (Å²) < 4.78 is 0. The Morgan fingerprint density at radius 3 is 2.25 bits per heavy atom. The highest BCUT2D eigenvalue weighted by Crippen LogP contribution is 2.06. The Kier molecular flexibility index (Phi) is 9.26. The van der Waals surface area contributed by atoms with E-state index in [-0.39, 0.29) is 24.8 Å². The molecule has 0 spiro atoms. The molecule has 12 heavy (non-hydrogen) atoms. The van der Waals surface area contributed by atoms with E-state index in [1.165, 1.54) is 0 Å². The summed E-state index contributed by atoms with van der Waals surface area (Å²) in [5.41, 5.74) is 0. The molecule has 5 heteroatoms. The molecule has 0 atom stereocenters. The van der Waals surface area contributed by atoms with Crippen LogP contribution < -0.4 is 5.32 Å². The minimum Gasteiger partial charge on any atom is -0.356 e. The van der Waals surface area contributed by atoms with E-state index in [1.54, 1.807) is 0 Å². The lowest BCUT2D eigenvalue weighted by Gasteiger charge is -2.28. The van der Waals surface area contributed by atoms with Gasteiger partial charge in [0.15, 0.2) is 0 Å². The van der Waals surface area contributed by atoms with Crippen LogP contribution in [0.4, 0.5) is 0 Å². The highest BCUT2D eigenvalue weighted by atomic mass is 35.5. The highest BCUT2D eigenvalue weighted by molar-refractivity contribution is 5.85. The van der Waals surface area contributed by atoms with Gasteiger partial charge in [0.05, 0.1) is 0 Å². The molecule has 1 aliphatic heterocycles. The Morgan fingerprint density at radius 2 is 1.83 bits per heavy atom. The number of piperidine rings is 1. The van der Waals surface area contributed by atoms with Gasteiger partial charge in [-0.1, -0.05) is 0 Å². The predicted molar refractivity (Wildman–Crippen MR) is 54.2 cm³/mol. The van der Waals surface area contributed by atoms with Crippen molar-refractivity contribution in [1.82, 2.24) is 10.2 Å². The SMILES string of the molecule is CN1CCC(NC=O)CC1.Cl.Cl. The van der Waals surface area contributed by atoms with Gasteiger partial charge in [0.1, 0.15) is 0 Å². The van der Waals surface area contributed by atoms with Gasteiger partial charge in [0.2, 0.25) is 6.41 Å². The Hall–Kier alpha value is 0.01000. The first-order chi connectivity index (χ1) is 4.83. The number of rotatable bonds is 2. The largest absolute Gasteiger partial charge is 0.356 e. The van der Waals surface area contributed by atoms with Crippen LogP contribution in [0.15, 0.2) is 0 Å². The summed E-state index contributed by atoms with van der Waals surface area (Å²) in [6, 6.07) is 0.425. The summed E-state index contributed by atoms with van der Waals surface area (Å²) in [5, 5.41) is 2.80. The number of hydrogen-bond donors (Lipinski definition) is 1. The molecule has 74 valence electrons. The average Bonchev–Trinajstić information content (AvgIpc) is 1.95. The fourth-order valence-electron chi connectivity index (χ4n) is 1.27. The molecule has 1 rings (SSSR count). The van der Waals surface area contributed by atoms with Crippen LogP contribution in [-0.4, -0.2) is 37.5 Å². The molecular weight excluding hydrogens is 199 g/mol. The zero-order chi connectivity index (χ0) is 7.40. The summed E-state index contributed by atoms with van der Waals surface area (Å²) in [7, 11) is 2.11. The molecule has 0 aromatic carbocycles. The van der Waals surface area contributed by atoms with Crippen molar-refractivity contribution in [3.63, 3.8) is 0 Å². The number of hydrogen-bond acceptors (Lipinski definition) is 2. The lowest BCUT2D eigenvalue weighted by atomic mass is 10.1. The van der Waals surface area contributed by atoms with Gasteiger partial charge in [0, 0.05) is 6.04 Å². The zero-order valence-corrected chi connectivity index (χ0v) is 8.79. The number of carbonyl (C=O) groups excluding carboxylic acids is 1. The molecule has 0 aromatic heterocycles. The number of carbonyl (C=O) groups is 1. The van der Waals surface area contributed by atoms with Crippen LogP contribution >= 0.6 is 24.8 Å². The Balaban J connectivity index is 0. The maximum Gasteiger partial charge on any atom is 0.207 e. The number of amides is 1. The summed E-state index contributed by atoms with van der Waals surface area (Å²) in [4.78, 5) is 12.3. The van der Waals surface area contributed by atoms with Crippen molar-refractivity contribution in [3.8, 4) is 0 Å². The molecule has 1 amide bonds. The lowest BCUT2D eigenvalue weighted by molar-refractivity contribution is -0.110. The fourth-order valence-corrected chi connectivity index (χ4v) is 1.27. The smallest absolute Gasteiger partial charge is 0.207 e. The molecule has 0 saturated carbocycles. The first-order valence-corrected chi connectivity index (χ1v) is 3.71. The van der Waals surface area contributed by atoms with Crippen LogP contribution in [0.5, 0.6) is 0 Å². The molecule has 1 aliphatic rings. The van der Waals surface area contributed by atoms with Crippen molar-refractivity contribution in [2.24, 2.45) is 0 Å². The van der Waals surface area contributed by atoms with E-state index in [0.29, 0.717) is 6.04 Å². The average molecular weight is 215 g/mol. The van der Waals surface area contributed by atoms with Gasteiger partial charge in [-0.25, -0.2) is 0 Å². The molecule has 1 saturated heterocycles. The van der Waals surface area contributed by atoms with Crippen LogP contribution in [0.1, 0.15) is 12.8 Å². The van der Waals surface area contributed by atoms with E-state index < -0.39 is 0 Å². The molecule has 3 nitrogen and oxygen atoms in total. The first-order valence-electron chi connectivity index (χ1n) is 3.71. The van der Waals surface area contributed by atoms with E-state index in [1.807, 2.05) is 0 Å². The third kappa shape index (κ3) is 4.80. The van der Waals surface area contributed by atoms with E-state index in [2.05, 4.69) is 17.3 Å². The maximum atomic E-state index is 10.0. The molecule has 1 heterocycles. The summed E-state index contributed by atoms with van der Waals surface area (Å²) >= 11 is 0. The maximum absolute atomic E-state index is 10.0. The van der Waals surface area contributed by atoms with Crippen LogP contribution in [0.25, 0.3) is 0 Å². The van der Waals surface area contributed by atoms with Gasteiger partial charge in [-0.3, -0.25) is 4.79 Å². The monoisotopic (exact) mass is 214 g/mol. The molecule has 0 bridgehead atoms. The Bertz CT molecular complexity index is 116. The molecule has 0 unspecified atom stereocenters. The summed E-state index contributed by atoms with van der Waals surface area (Å²) in [6.07, 6.45) is 2.99. The topological polar surface area (TPSA) is 32.3 Å².